The summed E-state index contributed by atoms with van der Waals surface area (Å²) < 4.78 is 32.0. The van der Waals surface area contributed by atoms with Crippen molar-refractivity contribution in [1.82, 2.24) is 9.21 Å². The molecule has 0 radical (unpaired) electrons. The van der Waals surface area contributed by atoms with Crippen molar-refractivity contribution in [2.45, 2.75) is 17.4 Å². The molecule has 3 heterocycles. The number of ether oxygens (including phenoxy) is 1. The van der Waals surface area contributed by atoms with Gasteiger partial charge in [-0.3, -0.25) is 14.5 Å². The Morgan fingerprint density at radius 2 is 1.61 bits per heavy atom. The highest BCUT2D eigenvalue weighted by atomic mass is 32.2. The minimum atomic E-state index is -3.60. The molecule has 10 heteroatoms. The molecular weight excluding hydrogens is 402 g/mol. The molecule has 0 N–H and O–H groups in total. The molecule has 0 aromatic heterocycles. The number of thioether (sulfide) groups is 1. The van der Waals surface area contributed by atoms with E-state index in [0.717, 1.165) is 24.6 Å². The maximum Gasteiger partial charge on any atom is 0.251 e. The Morgan fingerprint density at radius 1 is 0.964 bits per heavy atom. The molecule has 0 saturated carbocycles. The lowest BCUT2D eigenvalue weighted by Gasteiger charge is -2.30. The molecule has 3 aliphatic rings. The zero-order chi connectivity index (χ0) is 19.7. The van der Waals surface area contributed by atoms with Crippen LogP contribution in [0.25, 0.3) is 0 Å². The Bertz CT molecular complexity index is 846. The van der Waals surface area contributed by atoms with Gasteiger partial charge in [0.25, 0.3) is 5.91 Å². The first kappa shape index (κ1) is 19.8. The highest BCUT2D eigenvalue weighted by molar-refractivity contribution is 7.99. The lowest BCUT2D eigenvalue weighted by atomic mass is 10.2. The highest BCUT2D eigenvalue weighted by Gasteiger charge is 2.43. The Labute approximate surface area is 168 Å². The topological polar surface area (TPSA) is 87.2 Å². The van der Waals surface area contributed by atoms with E-state index in [1.54, 1.807) is 0 Å². The van der Waals surface area contributed by atoms with Gasteiger partial charge in [0.15, 0.2) is 0 Å². The van der Waals surface area contributed by atoms with Crippen LogP contribution in [-0.2, 0) is 24.3 Å². The van der Waals surface area contributed by atoms with E-state index in [2.05, 4.69) is 4.90 Å². The maximum atomic E-state index is 12.9. The van der Waals surface area contributed by atoms with Gasteiger partial charge in [-0.05, 0) is 24.3 Å². The van der Waals surface area contributed by atoms with Crippen molar-refractivity contribution in [3.05, 3.63) is 24.3 Å². The largest absolute Gasteiger partial charge is 0.379 e. The monoisotopic (exact) mass is 425 g/mol. The number of hydrogen-bond donors (Lipinski definition) is 0. The minimum absolute atomic E-state index is 0.154. The standard InChI is InChI=1S/C18H23N3O5S2/c22-17-13-16(19-7-11-27-12-8-19)18(23)21(17)14-1-3-15(4-2-14)28(24,25)20-5-9-26-10-6-20/h1-4,16H,5-13H2. The van der Waals surface area contributed by atoms with Crippen LogP contribution < -0.4 is 4.90 Å². The first-order valence-electron chi connectivity index (χ1n) is 9.35. The highest BCUT2D eigenvalue weighted by Crippen LogP contribution is 2.28. The van der Waals surface area contributed by atoms with Gasteiger partial charge in [0, 0.05) is 37.7 Å². The first-order valence-corrected chi connectivity index (χ1v) is 11.9. The van der Waals surface area contributed by atoms with E-state index in [-0.39, 0.29) is 23.1 Å². The summed E-state index contributed by atoms with van der Waals surface area (Å²) in [6, 6.07) is 5.59. The number of benzene rings is 1. The fourth-order valence-electron chi connectivity index (χ4n) is 3.76. The molecule has 2 amide bonds. The number of anilines is 1. The molecule has 3 aliphatic heterocycles. The van der Waals surface area contributed by atoms with Crippen LogP contribution in [0.2, 0.25) is 0 Å². The van der Waals surface area contributed by atoms with Crippen LogP contribution in [0.4, 0.5) is 5.69 Å². The zero-order valence-corrected chi connectivity index (χ0v) is 17.1. The summed E-state index contributed by atoms with van der Waals surface area (Å²) >= 11 is 1.85. The number of carbonyl (C=O) groups is 2. The number of carbonyl (C=O) groups excluding carboxylic acids is 2. The van der Waals surface area contributed by atoms with Crippen molar-refractivity contribution in [2.75, 3.05) is 55.8 Å². The van der Waals surface area contributed by atoms with Crippen molar-refractivity contribution in [3.63, 3.8) is 0 Å². The lowest BCUT2D eigenvalue weighted by Crippen LogP contribution is -2.45. The molecule has 3 fully saturated rings. The van der Waals surface area contributed by atoms with Gasteiger partial charge in [-0.2, -0.15) is 16.1 Å². The minimum Gasteiger partial charge on any atom is -0.379 e. The Balaban J connectivity index is 1.52. The first-order chi connectivity index (χ1) is 13.5. The smallest absolute Gasteiger partial charge is 0.251 e. The second-order valence-electron chi connectivity index (χ2n) is 6.95. The maximum absolute atomic E-state index is 12.9. The fraction of sp³-hybridized carbons (Fsp3) is 0.556. The molecule has 0 spiro atoms. The number of hydrogen-bond acceptors (Lipinski definition) is 7. The number of imide groups is 1. The molecular formula is C18H23N3O5S2. The Hall–Kier alpha value is -1.46. The summed E-state index contributed by atoms with van der Waals surface area (Å²) in [6.45, 7) is 3.01. The molecule has 28 heavy (non-hydrogen) atoms. The van der Waals surface area contributed by atoms with Crippen LogP contribution in [0.15, 0.2) is 29.2 Å². The molecule has 8 nitrogen and oxygen atoms in total. The zero-order valence-electron chi connectivity index (χ0n) is 15.5. The number of amides is 2. The third kappa shape index (κ3) is 3.71. The van der Waals surface area contributed by atoms with Crippen molar-refractivity contribution in [3.8, 4) is 0 Å². The van der Waals surface area contributed by atoms with E-state index >= 15 is 0 Å². The Kier molecular flexibility index (Phi) is 5.75. The summed E-state index contributed by atoms with van der Waals surface area (Å²) in [4.78, 5) is 28.8. The molecule has 4 rings (SSSR count). The molecule has 1 atom stereocenters. The van der Waals surface area contributed by atoms with Gasteiger partial charge < -0.3 is 4.74 Å². The quantitative estimate of drug-likeness (QED) is 0.645. The van der Waals surface area contributed by atoms with Crippen LogP contribution >= 0.6 is 11.8 Å². The van der Waals surface area contributed by atoms with Crippen LogP contribution in [0.3, 0.4) is 0 Å². The average Bonchev–Trinajstić information content (AvgIpc) is 3.03. The van der Waals surface area contributed by atoms with Gasteiger partial charge in [0.2, 0.25) is 15.9 Å². The third-order valence-corrected chi connectivity index (χ3v) is 8.17. The van der Waals surface area contributed by atoms with Gasteiger partial charge in [-0.15, -0.1) is 0 Å². The predicted molar refractivity (Wildman–Crippen MR) is 106 cm³/mol. The van der Waals surface area contributed by atoms with Gasteiger partial charge >= 0.3 is 0 Å². The average molecular weight is 426 g/mol. The molecule has 3 saturated heterocycles. The lowest BCUT2D eigenvalue weighted by molar-refractivity contribution is -0.122. The van der Waals surface area contributed by atoms with Crippen LogP contribution in [0, 0.1) is 0 Å². The Morgan fingerprint density at radius 3 is 2.25 bits per heavy atom. The third-order valence-electron chi connectivity index (χ3n) is 5.31. The van der Waals surface area contributed by atoms with E-state index in [0.29, 0.717) is 32.0 Å². The summed E-state index contributed by atoms with van der Waals surface area (Å²) in [5.41, 5.74) is 0.421. The number of nitrogens with zero attached hydrogens (tertiary/aromatic N) is 3. The fourth-order valence-corrected chi connectivity index (χ4v) is 6.10. The predicted octanol–water partition coefficient (Wildman–Crippen LogP) is 0.388. The summed E-state index contributed by atoms with van der Waals surface area (Å²) in [6.07, 6.45) is 0.178. The van der Waals surface area contributed by atoms with Crippen LogP contribution in [-0.4, -0.2) is 86.4 Å². The molecule has 1 aromatic carbocycles. The molecule has 152 valence electrons. The van der Waals surface area contributed by atoms with Gasteiger partial charge in [-0.25, -0.2) is 13.3 Å². The van der Waals surface area contributed by atoms with E-state index in [4.69, 9.17) is 4.74 Å². The van der Waals surface area contributed by atoms with E-state index in [1.807, 2.05) is 11.8 Å². The van der Waals surface area contributed by atoms with E-state index in [9.17, 15) is 18.0 Å². The van der Waals surface area contributed by atoms with Gasteiger partial charge in [-0.1, -0.05) is 0 Å². The van der Waals surface area contributed by atoms with Crippen LogP contribution in [0.1, 0.15) is 6.42 Å². The summed E-state index contributed by atoms with van der Waals surface area (Å²) in [7, 11) is -3.60. The normalized spacial score (nSPS) is 25.4. The van der Waals surface area contributed by atoms with Crippen molar-refractivity contribution >= 4 is 39.3 Å². The molecule has 0 bridgehead atoms. The number of morpholine rings is 1. The van der Waals surface area contributed by atoms with E-state index < -0.39 is 16.1 Å². The van der Waals surface area contributed by atoms with Crippen molar-refractivity contribution in [2.24, 2.45) is 0 Å². The molecule has 1 aromatic rings. The number of sulfonamides is 1. The molecule has 1 unspecified atom stereocenters. The van der Waals surface area contributed by atoms with Crippen molar-refractivity contribution in [1.29, 1.82) is 0 Å². The number of rotatable bonds is 4. The SMILES string of the molecule is O=C1CC(N2CCSCC2)C(=O)N1c1ccc(S(=O)(=O)N2CCOCC2)cc1. The second kappa shape index (κ2) is 8.11. The second-order valence-corrected chi connectivity index (χ2v) is 10.1. The van der Waals surface area contributed by atoms with Crippen LogP contribution in [0.5, 0.6) is 0 Å². The van der Waals surface area contributed by atoms with Crippen molar-refractivity contribution < 1.29 is 22.7 Å². The van der Waals surface area contributed by atoms with E-state index in [1.165, 1.54) is 33.5 Å². The van der Waals surface area contributed by atoms with Gasteiger partial charge in [0.05, 0.1) is 36.3 Å². The summed E-state index contributed by atoms with van der Waals surface area (Å²) in [5.74, 6) is 1.47. The van der Waals surface area contributed by atoms with Gasteiger partial charge in [0.1, 0.15) is 0 Å². The molecule has 0 aliphatic carbocycles. The summed E-state index contributed by atoms with van der Waals surface area (Å²) in [5, 5.41) is 0.